The number of anilines is 1. The molecule has 4 heteroatoms. The Morgan fingerprint density at radius 1 is 1.00 bits per heavy atom. The van der Waals surface area contributed by atoms with E-state index in [1.165, 1.54) is 0 Å². The molecule has 0 bridgehead atoms. The van der Waals surface area contributed by atoms with Crippen molar-refractivity contribution in [3.63, 3.8) is 0 Å². The molecule has 0 saturated heterocycles. The van der Waals surface area contributed by atoms with E-state index < -0.39 is 0 Å². The summed E-state index contributed by atoms with van der Waals surface area (Å²) in [6, 6.07) is 17.5. The molecule has 1 N–H and O–H groups in total. The molecule has 2 aromatic rings. The average Bonchev–Trinajstić information content (AvgIpc) is 2.60. The summed E-state index contributed by atoms with van der Waals surface area (Å²) in [5.41, 5.74) is 2.74. The van der Waals surface area contributed by atoms with Crippen LogP contribution in [0.2, 0.25) is 0 Å². The number of carbonyl (C=O) groups excluding carboxylic acids is 2. The second-order valence-electron chi connectivity index (χ2n) is 6.41. The normalized spacial score (nSPS) is 10.6. The molecule has 0 aliphatic heterocycles. The molecule has 0 aliphatic rings. The lowest BCUT2D eigenvalue weighted by atomic mass is 10.1. The van der Waals surface area contributed by atoms with E-state index in [1.807, 2.05) is 61.2 Å². The summed E-state index contributed by atoms with van der Waals surface area (Å²) >= 11 is 0. The maximum absolute atomic E-state index is 12.6. The molecule has 0 aromatic heterocycles. The molecule has 132 valence electrons. The third kappa shape index (κ3) is 5.75. The minimum Gasteiger partial charge on any atom is -0.385 e. The van der Waals surface area contributed by atoms with Crippen LogP contribution in [0.5, 0.6) is 0 Å². The Hall–Kier alpha value is -2.62. The predicted molar refractivity (Wildman–Crippen MR) is 102 cm³/mol. The van der Waals surface area contributed by atoms with Crippen molar-refractivity contribution in [1.82, 2.24) is 4.90 Å². The molecule has 0 spiro atoms. The van der Waals surface area contributed by atoms with Gasteiger partial charge in [-0.15, -0.1) is 0 Å². The Morgan fingerprint density at radius 2 is 1.64 bits per heavy atom. The zero-order valence-corrected chi connectivity index (χ0v) is 15.2. The van der Waals surface area contributed by atoms with Gasteiger partial charge in [-0.1, -0.05) is 30.3 Å². The number of hydrogen-bond donors (Lipinski definition) is 1. The summed E-state index contributed by atoms with van der Waals surface area (Å²) in [7, 11) is 0. The van der Waals surface area contributed by atoms with Crippen LogP contribution in [0.1, 0.15) is 43.1 Å². The van der Waals surface area contributed by atoms with Crippen LogP contribution < -0.4 is 5.32 Å². The lowest BCUT2D eigenvalue weighted by Crippen LogP contribution is -2.37. The second-order valence-corrected chi connectivity index (χ2v) is 6.41. The van der Waals surface area contributed by atoms with Gasteiger partial charge in [0.25, 0.3) is 0 Å². The van der Waals surface area contributed by atoms with Crippen LogP contribution in [-0.2, 0) is 11.3 Å². The highest BCUT2D eigenvalue weighted by Gasteiger charge is 2.16. The minimum atomic E-state index is 0.0511. The third-order valence-electron chi connectivity index (χ3n) is 4.10. The van der Waals surface area contributed by atoms with Gasteiger partial charge in [-0.25, -0.2) is 0 Å². The van der Waals surface area contributed by atoms with Crippen molar-refractivity contribution in [2.45, 2.75) is 39.8 Å². The van der Waals surface area contributed by atoms with Gasteiger partial charge in [0.1, 0.15) is 0 Å². The van der Waals surface area contributed by atoms with E-state index in [4.69, 9.17) is 0 Å². The molecule has 0 unspecified atom stereocenters. The highest BCUT2D eigenvalue weighted by Crippen LogP contribution is 2.12. The highest BCUT2D eigenvalue weighted by atomic mass is 16.2. The molecule has 0 atom stereocenters. The van der Waals surface area contributed by atoms with E-state index in [0.717, 1.165) is 11.3 Å². The van der Waals surface area contributed by atoms with Crippen LogP contribution >= 0.6 is 0 Å². The highest BCUT2D eigenvalue weighted by molar-refractivity contribution is 5.94. The van der Waals surface area contributed by atoms with Crippen LogP contribution in [0.3, 0.4) is 0 Å². The van der Waals surface area contributed by atoms with Crippen LogP contribution in [0, 0.1) is 0 Å². The molecule has 25 heavy (non-hydrogen) atoms. The van der Waals surface area contributed by atoms with Gasteiger partial charge in [-0.3, -0.25) is 9.59 Å². The first-order valence-electron chi connectivity index (χ1n) is 8.65. The van der Waals surface area contributed by atoms with Crippen LogP contribution in [-0.4, -0.2) is 29.2 Å². The van der Waals surface area contributed by atoms with Crippen molar-refractivity contribution in [3.8, 4) is 0 Å². The van der Waals surface area contributed by atoms with Crippen molar-refractivity contribution in [1.29, 1.82) is 0 Å². The first-order valence-corrected chi connectivity index (χ1v) is 8.65. The van der Waals surface area contributed by atoms with Crippen LogP contribution in [0.25, 0.3) is 0 Å². The van der Waals surface area contributed by atoms with Crippen LogP contribution in [0.15, 0.2) is 54.6 Å². The fourth-order valence-corrected chi connectivity index (χ4v) is 2.62. The summed E-state index contributed by atoms with van der Waals surface area (Å²) in [4.78, 5) is 25.7. The first-order chi connectivity index (χ1) is 12.0. The molecule has 0 heterocycles. The van der Waals surface area contributed by atoms with E-state index >= 15 is 0 Å². The number of rotatable bonds is 8. The van der Waals surface area contributed by atoms with Crippen molar-refractivity contribution in [2.75, 3.05) is 11.9 Å². The third-order valence-corrected chi connectivity index (χ3v) is 4.10. The molecule has 4 nitrogen and oxygen atoms in total. The Labute approximate surface area is 149 Å². The molecule has 0 radical (unpaired) electrons. The van der Waals surface area contributed by atoms with Gasteiger partial charge in [0.05, 0.1) is 0 Å². The predicted octanol–water partition coefficient (Wildman–Crippen LogP) is 4.13. The van der Waals surface area contributed by atoms with E-state index in [9.17, 15) is 9.59 Å². The van der Waals surface area contributed by atoms with Gasteiger partial charge < -0.3 is 10.2 Å². The molecule has 2 rings (SSSR count). The number of amides is 1. The molecule has 0 fully saturated rings. The molecular formula is C21H26N2O2. The zero-order chi connectivity index (χ0) is 18.2. The maximum Gasteiger partial charge on any atom is 0.224 e. The maximum atomic E-state index is 12.6. The van der Waals surface area contributed by atoms with Gasteiger partial charge >= 0.3 is 0 Å². The lowest BCUT2D eigenvalue weighted by molar-refractivity contribution is -0.133. The van der Waals surface area contributed by atoms with Crippen molar-refractivity contribution >= 4 is 17.4 Å². The van der Waals surface area contributed by atoms with E-state index in [1.54, 1.807) is 19.1 Å². The van der Waals surface area contributed by atoms with Gasteiger partial charge in [0.2, 0.25) is 5.91 Å². The van der Waals surface area contributed by atoms with Gasteiger partial charge in [-0.2, -0.15) is 0 Å². The monoisotopic (exact) mass is 338 g/mol. The number of ketones is 1. The molecule has 2 aromatic carbocycles. The number of benzene rings is 2. The Morgan fingerprint density at radius 3 is 2.20 bits per heavy atom. The number of nitrogens with zero attached hydrogens (tertiary/aromatic N) is 1. The molecular weight excluding hydrogens is 312 g/mol. The topological polar surface area (TPSA) is 49.4 Å². The standard InChI is InChI=1S/C21H26N2O2/c1-16(2)23(15-18-7-5-4-6-8-18)21(25)13-14-22-20-11-9-19(10-12-20)17(3)24/h4-12,16,22H,13-15H2,1-3H3. The van der Waals surface area contributed by atoms with Crippen molar-refractivity contribution in [3.05, 3.63) is 65.7 Å². The Kier molecular flexibility index (Phi) is 6.75. The summed E-state index contributed by atoms with van der Waals surface area (Å²) in [6.45, 7) is 6.82. The smallest absolute Gasteiger partial charge is 0.224 e. The van der Waals surface area contributed by atoms with Gasteiger partial charge in [0, 0.05) is 36.8 Å². The first kappa shape index (κ1) is 18.7. The second kappa shape index (κ2) is 9.02. The van der Waals surface area contributed by atoms with Crippen LogP contribution in [0.4, 0.5) is 5.69 Å². The average molecular weight is 338 g/mol. The lowest BCUT2D eigenvalue weighted by Gasteiger charge is -2.27. The molecule has 1 amide bonds. The fraction of sp³-hybridized carbons (Fsp3) is 0.333. The number of Topliss-reactive ketones (excluding diaryl/α,β-unsaturated/α-hetero) is 1. The molecule has 0 aliphatic carbocycles. The van der Waals surface area contributed by atoms with Gasteiger partial charge in [-0.05, 0) is 50.6 Å². The molecule has 0 saturated carbocycles. The largest absolute Gasteiger partial charge is 0.385 e. The van der Waals surface area contributed by atoms with E-state index in [0.29, 0.717) is 25.1 Å². The van der Waals surface area contributed by atoms with Gasteiger partial charge in [0.15, 0.2) is 5.78 Å². The van der Waals surface area contributed by atoms with E-state index in [2.05, 4.69) is 5.32 Å². The number of nitrogens with one attached hydrogen (secondary N) is 1. The summed E-state index contributed by atoms with van der Waals surface area (Å²) in [5, 5.41) is 3.24. The zero-order valence-electron chi connectivity index (χ0n) is 15.2. The SMILES string of the molecule is CC(=O)c1ccc(NCCC(=O)N(Cc2ccccc2)C(C)C)cc1. The fourth-order valence-electron chi connectivity index (χ4n) is 2.62. The number of hydrogen-bond acceptors (Lipinski definition) is 3. The summed E-state index contributed by atoms with van der Waals surface area (Å²) in [5.74, 6) is 0.182. The quantitative estimate of drug-likeness (QED) is 0.736. The summed E-state index contributed by atoms with van der Waals surface area (Å²) < 4.78 is 0. The summed E-state index contributed by atoms with van der Waals surface area (Å²) in [6.07, 6.45) is 0.430. The Bertz CT molecular complexity index is 694. The van der Waals surface area contributed by atoms with Crippen molar-refractivity contribution < 1.29 is 9.59 Å². The van der Waals surface area contributed by atoms with E-state index in [-0.39, 0.29) is 17.7 Å². The van der Waals surface area contributed by atoms with Crippen molar-refractivity contribution in [2.24, 2.45) is 0 Å². The number of carbonyl (C=O) groups is 2. The Balaban J connectivity index is 1.87. The minimum absolute atomic E-state index is 0.0511.